The number of aryl methyl sites for hydroxylation is 2. The fourth-order valence-corrected chi connectivity index (χ4v) is 5.52. The van der Waals surface area contributed by atoms with E-state index in [1.807, 2.05) is 13.8 Å². The van der Waals surface area contributed by atoms with Gasteiger partial charge in [0, 0.05) is 23.5 Å². The van der Waals surface area contributed by atoms with Gasteiger partial charge in [-0.15, -0.1) is 0 Å². The molecule has 0 heterocycles. The fraction of sp³-hybridized carbons (Fsp3) is 0.138. The number of hydrogen-bond acceptors (Lipinski definition) is 7. The van der Waals surface area contributed by atoms with Gasteiger partial charge in [0.25, 0.3) is 0 Å². The Bertz CT molecular complexity index is 1580. The Morgan fingerprint density at radius 2 is 0.975 bits per heavy atom. The summed E-state index contributed by atoms with van der Waals surface area (Å²) in [7, 11) is -8.13. The molecule has 0 aliphatic rings. The highest BCUT2D eigenvalue weighted by molar-refractivity contribution is 7.87. The molecule has 40 heavy (non-hydrogen) atoms. The third-order valence-electron chi connectivity index (χ3n) is 5.84. The highest BCUT2D eigenvalue weighted by Crippen LogP contribution is 2.25. The Hall–Kier alpha value is -4.35. The van der Waals surface area contributed by atoms with Gasteiger partial charge in [-0.3, -0.25) is 0 Å². The van der Waals surface area contributed by atoms with Gasteiger partial charge < -0.3 is 19.0 Å². The number of rotatable bonds is 10. The number of amides is 2. The lowest BCUT2D eigenvalue weighted by molar-refractivity contribution is 0.262. The zero-order chi connectivity index (χ0) is 28.8. The van der Waals surface area contributed by atoms with E-state index in [2.05, 4.69) is 10.6 Å². The lowest BCUT2D eigenvalue weighted by Gasteiger charge is -2.12. The molecule has 208 valence electrons. The second kappa shape index (κ2) is 12.2. The van der Waals surface area contributed by atoms with Crippen LogP contribution in [0.15, 0.2) is 107 Å². The molecule has 4 aromatic rings. The van der Waals surface area contributed by atoms with Crippen LogP contribution >= 0.6 is 0 Å². The van der Waals surface area contributed by atoms with E-state index in [0.29, 0.717) is 0 Å². The third-order valence-corrected chi connectivity index (χ3v) is 8.36. The van der Waals surface area contributed by atoms with Gasteiger partial charge in [-0.25, -0.2) is 4.79 Å². The van der Waals surface area contributed by atoms with Crippen molar-refractivity contribution in [2.75, 3.05) is 10.6 Å². The van der Waals surface area contributed by atoms with Gasteiger partial charge in [0.15, 0.2) is 0 Å². The van der Waals surface area contributed by atoms with E-state index >= 15 is 0 Å². The summed E-state index contributed by atoms with van der Waals surface area (Å²) in [5, 5.41) is 5.18. The lowest BCUT2D eigenvalue weighted by Crippen LogP contribution is -2.19. The summed E-state index contributed by atoms with van der Waals surface area (Å²) >= 11 is 0. The predicted octanol–water partition coefficient (Wildman–Crippen LogP) is 5.99. The van der Waals surface area contributed by atoms with Crippen LogP contribution in [-0.2, 0) is 33.1 Å². The van der Waals surface area contributed by atoms with Crippen LogP contribution in [0.5, 0.6) is 11.5 Å². The molecule has 0 saturated heterocycles. The highest BCUT2D eigenvalue weighted by atomic mass is 32.2. The minimum absolute atomic E-state index is 0.0166. The molecule has 0 unspecified atom stereocenters. The Kier molecular flexibility index (Phi) is 8.76. The number of nitrogens with one attached hydrogen (secondary N) is 2. The molecule has 0 aromatic heterocycles. The maximum absolute atomic E-state index is 12.6. The zero-order valence-corrected chi connectivity index (χ0v) is 23.5. The zero-order valence-electron chi connectivity index (χ0n) is 21.8. The Morgan fingerprint density at radius 3 is 1.32 bits per heavy atom. The van der Waals surface area contributed by atoms with Crippen LogP contribution in [0.2, 0.25) is 0 Å². The Balaban J connectivity index is 1.40. The molecule has 0 saturated carbocycles. The Morgan fingerprint density at radius 1 is 0.600 bits per heavy atom. The largest absolute Gasteiger partial charge is 0.379 e. The SMILES string of the molecule is CCc1ccc(S(=O)(=O)Oc2cccc(NC(=O)Nc3cccc(OS(=O)(=O)c4ccc(CC)cc4)c3)c2)cc1. The van der Waals surface area contributed by atoms with Crippen LogP contribution < -0.4 is 19.0 Å². The van der Waals surface area contributed by atoms with E-state index < -0.39 is 26.3 Å². The number of carbonyl (C=O) groups excluding carboxylic acids is 1. The van der Waals surface area contributed by atoms with Crippen LogP contribution in [0.1, 0.15) is 25.0 Å². The van der Waals surface area contributed by atoms with Crippen molar-refractivity contribution >= 4 is 37.6 Å². The summed E-state index contributed by atoms with van der Waals surface area (Å²) in [6.45, 7) is 3.94. The molecule has 2 amide bonds. The molecular weight excluding hydrogens is 552 g/mol. The van der Waals surface area contributed by atoms with Crippen molar-refractivity contribution < 1.29 is 30.0 Å². The molecule has 0 bridgehead atoms. The Labute approximate surface area is 234 Å². The molecule has 4 aromatic carbocycles. The topological polar surface area (TPSA) is 128 Å². The monoisotopic (exact) mass is 580 g/mol. The molecule has 0 fully saturated rings. The van der Waals surface area contributed by atoms with Gasteiger partial charge in [0.1, 0.15) is 21.3 Å². The molecule has 0 radical (unpaired) electrons. The maximum Gasteiger partial charge on any atom is 0.339 e. The molecule has 0 aliphatic carbocycles. The van der Waals surface area contributed by atoms with Crippen LogP contribution in [-0.4, -0.2) is 22.9 Å². The van der Waals surface area contributed by atoms with Gasteiger partial charge in [-0.05, 0) is 72.5 Å². The summed E-state index contributed by atoms with van der Waals surface area (Å²) in [6.07, 6.45) is 1.56. The predicted molar refractivity (Wildman–Crippen MR) is 153 cm³/mol. The first kappa shape index (κ1) is 28.7. The van der Waals surface area contributed by atoms with Crippen molar-refractivity contribution in [3.63, 3.8) is 0 Å². The van der Waals surface area contributed by atoms with E-state index in [1.165, 1.54) is 60.7 Å². The standard InChI is InChI=1S/C29H28N2O7S2/c1-3-21-11-15-27(16-12-21)39(33,34)37-25-9-5-7-23(19-25)30-29(32)31-24-8-6-10-26(20-24)38-40(35,36)28-17-13-22(4-2)14-18-28/h5-20H,3-4H2,1-2H3,(H2,30,31,32). The minimum Gasteiger partial charge on any atom is -0.379 e. The van der Waals surface area contributed by atoms with E-state index in [9.17, 15) is 21.6 Å². The second-order valence-electron chi connectivity index (χ2n) is 8.70. The van der Waals surface area contributed by atoms with E-state index in [0.717, 1.165) is 24.0 Å². The first-order chi connectivity index (χ1) is 19.1. The average molecular weight is 581 g/mol. The summed E-state index contributed by atoms with van der Waals surface area (Å²) in [6, 6.07) is 24.0. The number of anilines is 2. The van der Waals surface area contributed by atoms with Crippen LogP contribution in [0.3, 0.4) is 0 Å². The molecule has 0 spiro atoms. The van der Waals surface area contributed by atoms with Crippen molar-refractivity contribution in [3.8, 4) is 11.5 Å². The number of benzene rings is 4. The van der Waals surface area contributed by atoms with Gasteiger partial charge in [-0.2, -0.15) is 16.8 Å². The number of hydrogen-bond donors (Lipinski definition) is 2. The van der Waals surface area contributed by atoms with Gasteiger partial charge >= 0.3 is 26.3 Å². The summed E-state index contributed by atoms with van der Waals surface area (Å²) in [5.74, 6) is 0.0369. The summed E-state index contributed by atoms with van der Waals surface area (Å²) in [4.78, 5) is 12.6. The average Bonchev–Trinajstić information content (AvgIpc) is 2.93. The fourth-order valence-electron chi connectivity index (χ4n) is 3.68. The maximum atomic E-state index is 12.6. The molecule has 0 aliphatic heterocycles. The normalized spacial score (nSPS) is 11.4. The smallest absolute Gasteiger partial charge is 0.339 e. The lowest BCUT2D eigenvalue weighted by atomic mass is 10.2. The first-order valence-electron chi connectivity index (χ1n) is 12.4. The van der Waals surface area contributed by atoms with Gasteiger partial charge in [-0.1, -0.05) is 50.2 Å². The van der Waals surface area contributed by atoms with E-state index in [4.69, 9.17) is 8.37 Å². The van der Waals surface area contributed by atoms with Crippen molar-refractivity contribution in [2.24, 2.45) is 0 Å². The molecular formula is C29H28N2O7S2. The highest BCUT2D eigenvalue weighted by Gasteiger charge is 2.18. The first-order valence-corrected chi connectivity index (χ1v) is 15.2. The van der Waals surface area contributed by atoms with E-state index in [-0.39, 0.29) is 32.7 Å². The third kappa shape index (κ3) is 7.39. The van der Waals surface area contributed by atoms with Crippen LogP contribution in [0, 0.1) is 0 Å². The molecule has 0 atom stereocenters. The quantitative estimate of drug-likeness (QED) is 0.221. The minimum atomic E-state index is -4.07. The summed E-state index contributed by atoms with van der Waals surface area (Å²) < 4.78 is 61.1. The molecule has 11 heteroatoms. The van der Waals surface area contributed by atoms with E-state index in [1.54, 1.807) is 36.4 Å². The molecule has 9 nitrogen and oxygen atoms in total. The number of carbonyl (C=O) groups is 1. The number of urea groups is 1. The van der Waals surface area contributed by atoms with Crippen LogP contribution in [0.4, 0.5) is 16.2 Å². The summed E-state index contributed by atoms with van der Waals surface area (Å²) in [5.41, 5.74) is 2.54. The van der Waals surface area contributed by atoms with Crippen molar-refractivity contribution in [3.05, 3.63) is 108 Å². The second-order valence-corrected chi connectivity index (χ2v) is 11.8. The van der Waals surface area contributed by atoms with Gasteiger partial charge in [0.2, 0.25) is 0 Å². The van der Waals surface area contributed by atoms with Crippen molar-refractivity contribution in [1.29, 1.82) is 0 Å². The van der Waals surface area contributed by atoms with Crippen molar-refractivity contribution in [1.82, 2.24) is 0 Å². The van der Waals surface area contributed by atoms with Crippen LogP contribution in [0.25, 0.3) is 0 Å². The molecule has 2 N–H and O–H groups in total. The van der Waals surface area contributed by atoms with Crippen molar-refractivity contribution in [2.45, 2.75) is 36.5 Å². The molecule has 4 rings (SSSR count). The van der Waals surface area contributed by atoms with Gasteiger partial charge in [0.05, 0.1) is 0 Å².